The van der Waals surface area contributed by atoms with Gasteiger partial charge >= 0.3 is 12.2 Å². The fourth-order valence-corrected chi connectivity index (χ4v) is 10.4. The summed E-state index contributed by atoms with van der Waals surface area (Å²) in [5, 5.41) is 7.81. The van der Waals surface area contributed by atoms with Crippen molar-refractivity contribution in [2.24, 2.45) is 5.92 Å². The second-order valence-corrected chi connectivity index (χ2v) is 17.9. The highest BCUT2D eigenvalue weighted by Crippen LogP contribution is 2.42. The molecule has 4 atom stereocenters. The van der Waals surface area contributed by atoms with Crippen LogP contribution in [-0.4, -0.2) is 107 Å². The van der Waals surface area contributed by atoms with Gasteiger partial charge in [0, 0.05) is 37.4 Å². The molecule has 0 spiro atoms. The van der Waals surface area contributed by atoms with Crippen LogP contribution >= 0.6 is 0 Å². The Balaban J connectivity index is 0.842. The molecule has 4 aromatic carbocycles. The minimum Gasteiger partial charge on any atom is -0.487 e. The summed E-state index contributed by atoms with van der Waals surface area (Å²) < 4.78 is 21.7. The number of alkyl carbamates (subject to hydrolysis) is 2. The number of H-pyrrole nitrogens is 2. The number of carbonyl (C=O) groups excluding carboxylic acids is 4. The topological polar surface area (TPSA) is 193 Å². The molecule has 4 N–H and O–H groups in total. The molecule has 16 nitrogen and oxygen atoms in total. The number of hydrogen-bond donors (Lipinski definition) is 4. The molecule has 3 amide bonds. The molecule has 0 unspecified atom stereocenters. The Morgan fingerprint density at radius 1 is 0.836 bits per heavy atom. The SMILES string of the molecule is COC(=O)N[C@H](C(=O)N1CCC[C@H]1c1nc2c([nH]1)COc1cc(-c3ccc4cc(-c5cnc([C@@H]6CCCN6C[C@@](C=O)(NC(=O)OC)c6ccccc6)[nH]5)ccc4c3)ccc1-2)C1CCOCC1. The van der Waals surface area contributed by atoms with Crippen LogP contribution in [0.4, 0.5) is 9.59 Å². The molecule has 3 fully saturated rings. The van der Waals surface area contributed by atoms with Crippen LogP contribution in [0.3, 0.4) is 0 Å². The third-order valence-electron chi connectivity index (χ3n) is 13.9. The van der Waals surface area contributed by atoms with Crippen molar-refractivity contribution >= 4 is 35.2 Å². The Bertz CT molecular complexity index is 2800. The number of fused-ring (bicyclic) bond motifs is 4. The molecule has 0 saturated carbocycles. The van der Waals surface area contributed by atoms with Crippen molar-refractivity contribution in [1.29, 1.82) is 0 Å². The molecule has 346 valence electrons. The normalized spacial score (nSPS) is 19.7. The maximum atomic E-state index is 14.1. The summed E-state index contributed by atoms with van der Waals surface area (Å²) in [5.41, 5.74) is 5.91. The third kappa shape index (κ3) is 8.62. The van der Waals surface area contributed by atoms with Gasteiger partial charge in [0.2, 0.25) is 5.91 Å². The van der Waals surface area contributed by atoms with E-state index in [0.717, 1.165) is 106 Å². The number of nitrogens with zero attached hydrogens (tertiary/aromatic N) is 4. The van der Waals surface area contributed by atoms with Gasteiger partial charge in [-0.25, -0.2) is 19.6 Å². The van der Waals surface area contributed by atoms with Crippen LogP contribution in [0.1, 0.15) is 73.5 Å². The molecule has 67 heavy (non-hydrogen) atoms. The molecule has 3 saturated heterocycles. The van der Waals surface area contributed by atoms with Gasteiger partial charge in [-0.15, -0.1) is 0 Å². The van der Waals surface area contributed by atoms with Crippen molar-refractivity contribution in [3.8, 4) is 39.4 Å². The highest BCUT2D eigenvalue weighted by Gasteiger charge is 2.42. The first-order valence-corrected chi connectivity index (χ1v) is 23.0. The van der Waals surface area contributed by atoms with E-state index < -0.39 is 23.8 Å². The lowest BCUT2D eigenvalue weighted by Gasteiger charge is -2.35. The first-order valence-electron chi connectivity index (χ1n) is 23.0. The van der Waals surface area contributed by atoms with E-state index in [1.165, 1.54) is 14.2 Å². The second-order valence-electron chi connectivity index (χ2n) is 17.9. The van der Waals surface area contributed by atoms with Gasteiger partial charge in [0.05, 0.1) is 49.6 Å². The molecule has 6 heterocycles. The van der Waals surface area contributed by atoms with Crippen molar-refractivity contribution < 1.29 is 38.1 Å². The summed E-state index contributed by atoms with van der Waals surface area (Å²) in [6, 6.07) is 27.2. The standard InChI is InChI=1S/C51H54N8O8/c1-64-49(62)56-44(31-18-22-66-23-19-31)48(61)59-21-7-11-42(59)47-54-40-28-67-43-26-35(16-17-38(43)45(40)55-47)33-12-13-34-25-36(15-14-32(34)24-33)39-27-52-46(53-39)41-10-6-20-58(41)29-51(30-60,57-50(63)65-2)37-8-4-3-5-9-37/h3-5,8-9,12-17,24-27,30-31,41-42,44H,6-7,10-11,18-23,28-29H2,1-2H3,(H,52,53)(H,54,55)(H,56,62)(H,57,63)/t41-,42-,44-,51-/m0/s1. The third-order valence-corrected chi connectivity index (χ3v) is 13.9. The molecule has 4 aliphatic heterocycles. The van der Waals surface area contributed by atoms with Crippen LogP contribution in [0.25, 0.3) is 44.4 Å². The number of methoxy groups -OCH3 is 2. The maximum absolute atomic E-state index is 14.1. The van der Waals surface area contributed by atoms with Crippen LogP contribution < -0.4 is 15.4 Å². The predicted octanol–water partition coefficient (Wildman–Crippen LogP) is 7.58. The number of ether oxygens (including phenoxy) is 4. The minimum absolute atomic E-state index is 0.0439. The lowest BCUT2D eigenvalue weighted by molar-refractivity contribution is -0.136. The van der Waals surface area contributed by atoms with Gasteiger partial charge in [0.15, 0.2) is 6.29 Å². The van der Waals surface area contributed by atoms with E-state index in [4.69, 9.17) is 28.9 Å². The Morgan fingerprint density at radius 2 is 1.55 bits per heavy atom. The number of imidazole rings is 2. The fourth-order valence-electron chi connectivity index (χ4n) is 10.4. The lowest BCUT2D eigenvalue weighted by Crippen LogP contribution is -2.54. The number of aromatic nitrogens is 4. The van der Waals surface area contributed by atoms with E-state index in [2.05, 4.69) is 80.1 Å². The number of benzene rings is 4. The number of nitrogens with one attached hydrogen (secondary N) is 4. The minimum atomic E-state index is -1.30. The Morgan fingerprint density at radius 3 is 2.33 bits per heavy atom. The highest BCUT2D eigenvalue weighted by molar-refractivity contribution is 5.91. The van der Waals surface area contributed by atoms with Crippen LogP contribution in [-0.2, 0) is 35.9 Å². The average Bonchev–Trinajstić information content (AvgIpc) is 4.23. The summed E-state index contributed by atoms with van der Waals surface area (Å²) in [5.74, 6) is 2.10. The second kappa shape index (κ2) is 18.7. The van der Waals surface area contributed by atoms with Gasteiger partial charge in [0.1, 0.15) is 35.6 Å². The molecular weight excluding hydrogens is 853 g/mol. The van der Waals surface area contributed by atoms with E-state index in [9.17, 15) is 19.2 Å². The Hall–Kier alpha value is -7.04. The fraction of sp³-hybridized carbons (Fsp3) is 0.373. The lowest BCUT2D eigenvalue weighted by atomic mass is 9.90. The number of carbonyl (C=O) groups is 4. The van der Waals surface area contributed by atoms with Crippen LogP contribution in [0.5, 0.6) is 5.75 Å². The number of hydrogen-bond acceptors (Lipinski definition) is 11. The quantitative estimate of drug-likeness (QED) is 0.0885. The number of rotatable bonds is 12. The van der Waals surface area contributed by atoms with Crippen molar-refractivity contribution in [3.05, 3.63) is 114 Å². The number of aromatic amines is 2. The molecule has 0 aliphatic carbocycles. The van der Waals surface area contributed by atoms with Gasteiger partial charge in [-0.1, -0.05) is 60.7 Å². The molecule has 4 aliphatic rings. The predicted molar refractivity (Wildman–Crippen MR) is 249 cm³/mol. The van der Waals surface area contributed by atoms with Gasteiger partial charge in [-0.05, 0) is 103 Å². The molecule has 0 radical (unpaired) electrons. The average molecular weight is 907 g/mol. The maximum Gasteiger partial charge on any atom is 0.407 e. The van der Waals surface area contributed by atoms with E-state index in [1.807, 2.05) is 41.4 Å². The van der Waals surface area contributed by atoms with Crippen molar-refractivity contribution in [2.75, 3.05) is 47.1 Å². The number of aldehydes is 1. The summed E-state index contributed by atoms with van der Waals surface area (Å²) in [7, 11) is 2.60. The summed E-state index contributed by atoms with van der Waals surface area (Å²) >= 11 is 0. The zero-order chi connectivity index (χ0) is 46.1. The van der Waals surface area contributed by atoms with Crippen LogP contribution in [0.15, 0.2) is 91.1 Å². The summed E-state index contributed by atoms with van der Waals surface area (Å²) in [6.45, 7) is 3.00. The zero-order valence-corrected chi connectivity index (χ0v) is 37.6. The van der Waals surface area contributed by atoms with Crippen molar-refractivity contribution in [1.82, 2.24) is 40.4 Å². The molecule has 2 aromatic heterocycles. The van der Waals surface area contributed by atoms with E-state index in [-0.39, 0.29) is 30.5 Å². The van der Waals surface area contributed by atoms with E-state index in [1.54, 1.807) is 0 Å². The largest absolute Gasteiger partial charge is 0.487 e. The Labute approximate surface area is 387 Å². The number of likely N-dealkylation sites (tertiary alicyclic amines) is 2. The van der Waals surface area contributed by atoms with Crippen molar-refractivity contribution in [2.45, 2.75) is 68.8 Å². The van der Waals surface area contributed by atoms with Gasteiger partial charge in [0.25, 0.3) is 0 Å². The van der Waals surface area contributed by atoms with Crippen LogP contribution in [0, 0.1) is 5.92 Å². The molecular formula is C51H54N8O8. The molecule has 10 rings (SSSR count). The van der Waals surface area contributed by atoms with Gasteiger partial charge in [-0.2, -0.15) is 0 Å². The van der Waals surface area contributed by atoms with Gasteiger partial charge < -0.3 is 49.2 Å². The number of amides is 3. The van der Waals surface area contributed by atoms with Gasteiger partial charge in [-0.3, -0.25) is 9.69 Å². The molecule has 16 heteroatoms. The van der Waals surface area contributed by atoms with E-state index >= 15 is 0 Å². The zero-order valence-electron chi connectivity index (χ0n) is 37.6. The summed E-state index contributed by atoms with van der Waals surface area (Å²) in [6.07, 6.45) is 6.08. The first kappa shape index (κ1) is 43.8. The first-order chi connectivity index (χ1) is 32.7. The monoisotopic (exact) mass is 906 g/mol. The van der Waals surface area contributed by atoms with E-state index in [0.29, 0.717) is 44.8 Å². The summed E-state index contributed by atoms with van der Waals surface area (Å²) in [4.78, 5) is 72.8. The molecule has 0 bridgehead atoms. The smallest absolute Gasteiger partial charge is 0.407 e. The van der Waals surface area contributed by atoms with Crippen LogP contribution in [0.2, 0.25) is 0 Å². The Kier molecular flexibility index (Phi) is 12.2. The molecule has 6 aromatic rings. The van der Waals surface area contributed by atoms with Crippen molar-refractivity contribution in [3.63, 3.8) is 0 Å². The highest BCUT2D eigenvalue weighted by atomic mass is 16.5.